The number of amides is 2. The summed E-state index contributed by atoms with van der Waals surface area (Å²) in [5.41, 5.74) is 0. The summed E-state index contributed by atoms with van der Waals surface area (Å²) >= 11 is 0. The van der Waals surface area contributed by atoms with Crippen LogP contribution in [0.2, 0.25) is 0 Å². The van der Waals surface area contributed by atoms with Crippen molar-refractivity contribution in [1.82, 2.24) is 15.1 Å². The van der Waals surface area contributed by atoms with E-state index in [1.54, 1.807) is 0 Å². The number of benzene rings is 2. The molecular formula is C21H26ClN3O3. The van der Waals surface area contributed by atoms with Gasteiger partial charge in [0, 0.05) is 32.2 Å². The zero-order valence-electron chi connectivity index (χ0n) is 15.8. The molecule has 0 bridgehead atoms. The summed E-state index contributed by atoms with van der Waals surface area (Å²) in [6.45, 7) is 3.30. The number of ether oxygens (including phenoxy) is 1. The van der Waals surface area contributed by atoms with Gasteiger partial charge in [-0.3, -0.25) is 9.59 Å². The Hall–Kier alpha value is -2.31. The third kappa shape index (κ3) is 4.56. The van der Waals surface area contributed by atoms with Crippen LogP contribution in [0.4, 0.5) is 0 Å². The van der Waals surface area contributed by atoms with Crippen LogP contribution in [-0.4, -0.2) is 67.0 Å². The van der Waals surface area contributed by atoms with Crippen molar-refractivity contribution in [3.05, 3.63) is 42.5 Å². The average Bonchev–Trinajstić information content (AvgIpc) is 2.72. The molecule has 2 fully saturated rings. The van der Waals surface area contributed by atoms with Gasteiger partial charge in [-0.2, -0.15) is 0 Å². The van der Waals surface area contributed by atoms with Crippen molar-refractivity contribution in [2.45, 2.75) is 18.9 Å². The molecule has 2 aromatic rings. The maximum atomic E-state index is 12.6. The lowest BCUT2D eigenvalue weighted by atomic mass is 10.0. The van der Waals surface area contributed by atoms with Crippen molar-refractivity contribution in [3.63, 3.8) is 0 Å². The third-order valence-corrected chi connectivity index (χ3v) is 5.40. The topological polar surface area (TPSA) is 61.9 Å². The maximum absolute atomic E-state index is 12.6. The van der Waals surface area contributed by atoms with Crippen LogP contribution in [0.25, 0.3) is 10.8 Å². The van der Waals surface area contributed by atoms with E-state index < -0.39 is 0 Å². The predicted octanol–water partition coefficient (Wildman–Crippen LogP) is 2.06. The minimum Gasteiger partial charge on any atom is -0.484 e. The minimum absolute atomic E-state index is 0. The molecule has 0 saturated carbocycles. The number of carbonyl (C=O) groups excluding carboxylic acids is 2. The first-order valence-electron chi connectivity index (χ1n) is 9.60. The van der Waals surface area contributed by atoms with Gasteiger partial charge in [0.2, 0.25) is 5.91 Å². The van der Waals surface area contributed by atoms with Crippen molar-refractivity contribution < 1.29 is 14.3 Å². The number of nitrogens with zero attached hydrogens (tertiary/aromatic N) is 2. The molecule has 6 nitrogen and oxygen atoms in total. The minimum atomic E-state index is -0.0181. The van der Waals surface area contributed by atoms with Gasteiger partial charge in [-0.1, -0.05) is 30.3 Å². The molecule has 0 aromatic heterocycles. The van der Waals surface area contributed by atoms with E-state index in [0.717, 1.165) is 43.2 Å². The Morgan fingerprint density at radius 2 is 1.96 bits per heavy atom. The van der Waals surface area contributed by atoms with Gasteiger partial charge in [0.1, 0.15) is 5.75 Å². The fourth-order valence-electron chi connectivity index (χ4n) is 3.94. The number of carbonyl (C=O) groups is 2. The van der Waals surface area contributed by atoms with Crippen molar-refractivity contribution in [3.8, 4) is 5.75 Å². The van der Waals surface area contributed by atoms with E-state index in [1.165, 1.54) is 0 Å². The van der Waals surface area contributed by atoms with Crippen molar-refractivity contribution >= 4 is 35.0 Å². The van der Waals surface area contributed by atoms with Crippen LogP contribution in [-0.2, 0) is 9.59 Å². The van der Waals surface area contributed by atoms with Crippen LogP contribution < -0.4 is 10.1 Å². The van der Waals surface area contributed by atoms with Gasteiger partial charge in [0.25, 0.3) is 5.91 Å². The molecule has 2 aliphatic heterocycles. The first kappa shape index (κ1) is 20.4. The highest BCUT2D eigenvalue weighted by atomic mass is 35.5. The fraction of sp³-hybridized carbons (Fsp3) is 0.429. The molecule has 1 N–H and O–H groups in total. The Morgan fingerprint density at radius 1 is 1.14 bits per heavy atom. The standard InChI is InChI=1S/C21H25N3O3.ClH/c25-20-13-22-9-11-24(20)18-6-3-10-23(14-18)21(26)15-27-19-8-7-16-4-1-2-5-17(16)12-19;/h1-2,4-5,7-8,12,18,22H,3,6,9-11,13-15H2;1H. The number of halogens is 1. The molecule has 0 radical (unpaired) electrons. The number of hydrogen-bond acceptors (Lipinski definition) is 4. The molecule has 2 heterocycles. The quantitative estimate of drug-likeness (QED) is 0.848. The summed E-state index contributed by atoms with van der Waals surface area (Å²) in [5, 5.41) is 5.34. The molecule has 0 aliphatic carbocycles. The zero-order chi connectivity index (χ0) is 18.6. The summed E-state index contributed by atoms with van der Waals surface area (Å²) in [6, 6.07) is 14.1. The summed E-state index contributed by atoms with van der Waals surface area (Å²) in [4.78, 5) is 28.5. The molecule has 7 heteroatoms. The Labute approximate surface area is 171 Å². The van der Waals surface area contributed by atoms with Crippen LogP contribution >= 0.6 is 12.4 Å². The van der Waals surface area contributed by atoms with E-state index >= 15 is 0 Å². The van der Waals surface area contributed by atoms with Gasteiger partial charge in [-0.25, -0.2) is 0 Å². The molecule has 1 unspecified atom stereocenters. The van der Waals surface area contributed by atoms with Gasteiger partial charge in [-0.05, 0) is 35.7 Å². The Morgan fingerprint density at radius 3 is 2.79 bits per heavy atom. The smallest absolute Gasteiger partial charge is 0.260 e. The van der Waals surface area contributed by atoms with E-state index in [9.17, 15) is 9.59 Å². The van der Waals surface area contributed by atoms with E-state index in [-0.39, 0.29) is 36.9 Å². The zero-order valence-corrected chi connectivity index (χ0v) is 16.6. The number of piperazine rings is 1. The van der Waals surface area contributed by atoms with Crippen LogP contribution in [0.15, 0.2) is 42.5 Å². The van der Waals surface area contributed by atoms with Gasteiger partial charge in [0.05, 0.1) is 6.54 Å². The van der Waals surface area contributed by atoms with Gasteiger partial charge >= 0.3 is 0 Å². The Bertz CT molecular complexity index is 845. The number of nitrogens with one attached hydrogen (secondary N) is 1. The van der Waals surface area contributed by atoms with Crippen LogP contribution in [0.5, 0.6) is 5.75 Å². The highest BCUT2D eigenvalue weighted by Crippen LogP contribution is 2.21. The second-order valence-corrected chi connectivity index (χ2v) is 7.20. The normalized spacial score (nSPS) is 20.0. The number of hydrogen-bond donors (Lipinski definition) is 1. The molecule has 2 amide bonds. The molecule has 2 aliphatic rings. The van der Waals surface area contributed by atoms with Crippen molar-refractivity contribution in [2.24, 2.45) is 0 Å². The highest BCUT2D eigenvalue weighted by molar-refractivity contribution is 5.85. The predicted molar refractivity (Wildman–Crippen MR) is 111 cm³/mol. The summed E-state index contributed by atoms with van der Waals surface area (Å²) in [7, 11) is 0. The number of likely N-dealkylation sites (tertiary alicyclic amines) is 1. The lowest BCUT2D eigenvalue weighted by Gasteiger charge is -2.41. The lowest BCUT2D eigenvalue weighted by molar-refractivity contribution is -0.141. The van der Waals surface area contributed by atoms with Crippen molar-refractivity contribution in [2.75, 3.05) is 39.3 Å². The van der Waals surface area contributed by atoms with Crippen LogP contribution in [0.1, 0.15) is 12.8 Å². The number of fused-ring (bicyclic) bond motifs is 1. The van der Waals surface area contributed by atoms with Gasteiger partial charge in [0.15, 0.2) is 6.61 Å². The second-order valence-electron chi connectivity index (χ2n) is 7.20. The van der Waals surface area contributed by atoms with E-state index in [2.05, 4.69) is 11.4 Å². The Kier molecular flexibility index (Phi) is 6.75. The second kappa shape index (κ2) is 9.26. The summed E-state index contributed by atoms with van der Waals surface area (Å²) in [5.74, 6) is 0.816. The lowest BCUT2D eigenvalue weighted by Crippen LogP contribution is -2.57. The Balaban J connectivity index is 0.00000225. The molecule has 150 valence electrons. The number of piperidine rings is 1. The van der Waals surface area contributed by atoms with Gasteiger partial charge < -0.3 is 19.9 Å². The SMILES string of the molecule is Cl.O=C(COc1ccc2ccccc2c1)N1CCCC(N2CCNCC2=O)C1. The third-order valence-electron chi connectivity index (χ3n) is 5.40. The molecular weight excluding hydrogens is 378 g/mol. The summed E-state index contributed by atoms with van der Waals surface area (Å²) in [6.07, 6.45) is 1.88. The van der Waals surface area contributed by atoms with E-state index in [0.29, 0.717) is 18.8 Å². The van der Waals surface area contributed by atoms with E-state index in [1.807, 2.05) is 46.2 Å². The highest BCUT2D eigenvalue weighted by Gasteiger charge is 2.31. The molecule has 2 saturated heterocycles. The van der Waals surface area contributed by atoms with Gasteiger partial charge in [-0.15, -0.1) is 12.4 Å². The fourth-order valence-corrected chi connectivity index (χ4v) is 3.94. The first-order chi connectivity index (χ1) is 13.2. The first-order valence-corrected chi connectivity index (χ1v) is 9.60. The molecule has 28 heavy (non-hydrogen) atoms. The van der Waals surface area contributed by atoms with E-state index in [4.69, 9.17) is 4.74 Å². The number of rotatable bonds is 4. The van der Waals surface area contributed by atoms with Crippen LogP contribution in [0, 0.1) is 0 Å². The maximum Gasteiger partial charge on any atom is 0.260 e. The van der Waals surface area contributed by atoms with Crippen molar-refractivity contribution in [1.29, 1.82) is 0 Å². The summed E-state index contributed by atoms with van der Waals surface area (Å²) < 4.78 is 5.75. The largest absolute Gasteiger partial charge is 0.484 e. The molecule has 0 spiro atoms. The molecule has 4 rings (SSSR count). The average molecular weight is 404 g/mol. The molecule has 2 aromatic carbocycles. The van der Waals surface area contributed by atoms with Crippen LogP contribution in [0.3, 0.4) is 0 Å². The monoisotopic (exact) mass is 403 g/mol. The molecule has 1 atom stereocenters.